The Hall–Kier alpha value is -1.20. The Labute approximate surface area is 109 Å². The molecule has 0 amide bonds. The Kier molecular flexibility index (Phi) is 4.29. The molecular weight excluding hydrogens is 246 g/mol. The van der Waals surface area contributed by atoms with E-state index in [9.17, 15) is 4.79 Å². The van der Waals surface area contributed by atoms with Crippen LogP contribution >= 0.6 is 0 Å². The first-order valence-electron chi connectivity index (χ1n) is 5.96. The van der Waals surface area contributed by atoms with Crippen molar-refractivity contribution < 1.29 is 14.3 Å². The summed E-state index contributed by atoms with van der Waals surface area (Å²) in [5.74, 6) is -0.959. The Bertz CT molecular complexity index is 421. The fraction of sp³-hybridized carbons (Fsp3) is 0.538. The molecule has 0 atom stereocenters. The first-order chi connectivity index (χ1) is 8.13. The maximum atomic E-state index is 10.7. The lowest BCUT2D eigenvalue weighted by Crippen LogP contribution is -2.40. The summed E-state index contributed by atoms with van der Waals surface area (Å²) in [4.78, 5) is 14.8. The SMILES string of the molecule is CC(C)(C)[Si](C)(C)OCc1ccc(C(=O)O)cn1. The standard InChI is InChI=1S/C13H21NO3Si/c1-13(2,3)18(4,5)17-9-11-7-6-10(8-14-11)12(15)16/h6-8H,9H2,1-5H3,(H,15,16). The van der Waals surface area contributed by atoms with Crippen molar-refractivity contribution in [2.24, 2.45) is 0 Å². The fourth-order valence-corrected chi connectivity index (χ4v) is 2.05. The van der Waals surface area contributed by atoms with Crippen molar-refractivity contribution in [3.8, 4) is 0 Å². The van der Waals surface area contributed by atoms with Gasteiger partial charge in [0.25, 0.3) is 0 Å². The summed E-state index contributed by atoms with van der Waals surface area (Å²) in [7, 11) is -1.78. The third-order valence-electron chi connectivity index (χ3n) is 3.46. The van der Waals surface area contributed by atoms with Crippen molar-refractivity contribution >= 4 is 14.3 Å². The van der Waals surface area contributed by atoms with Gasteiger partial charge in [0.1, 0.15) is 0 Å². The lowest BCUT2D eigenvalue weighted by atomic mass is 10.2. The molecule has 4 nitrogen and oxygen atoms in total. The van der Waals surface area contributed by atoms with Crippen LogP contribution in [0.2, 0.25) is 18.1 Å². The minimum Gasteiger partial charge on any atom is -0.478 e. The molecule has 0 bridgehead atoms. The summed E-state index contributed by atoms with van der Waals surface area (Å²) >= 11 is 0. The number of rotatable bonds is 4. The van der Waals surface area contributed by atoms with Crippen LogP contribution in [-0.2, 0) is 11.0 Å². The highest BCUT2D eigenvalue weighted by Crippen LogP contribution is 2.36. The summed E-state index contributed by atoms with van der Waals surface area (Å²) in [6.45, 7) is 11.3. The Morgan fingerprint density at radius 3 is 2.39 bits per heavy atom. The minimum atomic E-state index is -1.78. The second-order valence-electron chi connectivity index (χ2n) is 5.89. The van der Waals surface area contributed by atoms with Crippen molar-refractivity contribution in [2.45, 2.75) is 45.5 Å². The molecule has 0 aliphatic carbocycles. The molecular formula is C13H21NO3Si. The highest BCUT2D eigenvalue weighted by Gasteiger charge is 2.37. The van der Waals surface area contributed by atoms with Crippen LogP contribution in [0.3, 0.4) is 0 Å². The lowest BCUT2D eigenvalue weighted by molar-refractivity contribution is 0.0696. The van der Waals surface area contributed by atoms with E-state index >= 15 is 0 Å². The Balaban J connectivity index is 2.67. The highest BCUT2D eigenvalue weighted by molar-refractivity contribution is 6.74. The number of nitrogens with zero attached hydrogens (tertiary/aromatic N) is 1. The van der Waals surface area contributed by atoms with E-state index in [1.165, 1.54) is 6.20 Å². The maximum absolute atomic E-state index is 10.7. The number of carboxylic acids is 1. The predicted octanol–water partition coefficient (Wildman–Crippen LogP) is 3.30. The zero-order valence-electron chi connectivity index (χ0n) is 11.7. The van der Waals surface area contributed by atoms with Crippen LogP contribution in [0.4, 0.5) is 0 Å². The van der Waals surface area contributed by atoms with E-state index in [2.05, 4.69) is 38.8 Å². The summed E-state index contributed by atoms with van der Waals surface area (Å²) in [6, 6.07) is 3.26. The van der Waals surface area contributed by atoms with Gasteiger partial charge < -0.3 is 9.53 Å². The molecule has 0 saturated heterocycles. The average molecular weight is 267 g/mol. The first kappa shape index (κ1) is 14.9. The van der Waals surface area contributed by atoms with Crippen molar-refractivity contribution in [3.05, 3.63) is 29.6 Å². The number of aromatic nitrogens is 1. The molecule has 0 aliphatic rings. The number of aromatic carboxylic acids is 1. The Morgan fingerprint density at radius 2 is 2.00 bits per heavy atom. The van der Waals surface area contributed by atoms with Gasteiger partial charge in [-0.2, -0.15) is 0 Å². The van der Waals surface area contributed by atoms with E-state index in [1.54, 1.807) is 12.1 Å². The van der Waals surface area contributed by atoms with Gasteiger partial charge in [-0.1, -0.05) is 20.8 Å². The van der Waals surface area contributed by atoms with Crippen molar-refractivity contribution in [3.63, 3.8) is 0 Å². The molecule has 1 aromatic heterocycles. The lowest BCUT2D eigenvalue weighted by Gasteiger charge is -2.36. The molecule has 0 saturated carbocycles. The number of carboxylic acid groups (broad SMARTS) is 1. The fourth-order valence-electron chi connectivity index (χ4n) is 1.11. The average Bonchev–Trinajstić information content (AvgIpc) is 2.25. The molecule has 0 radical (unpaired) electrons. The molecule has 0 spiro atoms. The molecule has 0 aromatic carbocycles. The Morgan fingerprint density at radius 1 is 1.39 bits per heavy atom. The zero-order chi connectivity index (χ0) is 14.0. The molecule has 1 rings (SSSR count). The smallest absolute Gasteiger partial charge is 0.337 e. The van der Waals surface area contributed by atoms with Crippen molar-refractivity contribution in [2.75, 3.05) is 0 Å². The largest absolute Gasteiger partial charge is 0.478 e. The van der Waals surface area contributed by atoms with E-state index in [0.717, 1.165) is 5.69 Å². The number of pyridine rings is 1. The third-order valence-corrected chi connectivity index (χ3v) is 7.94. The van der Waals surface area contributed by atoms with Gasteiger partial charge in [-0.15, -0.1) is 0 Å². The summed E-state index contributed by atoms with van der Waals surface area (Å²) < 4.78 is 6.01. The predicted molar refractivity (Wildman–Crippen MR) is 73.2 cm³/mol. The number of hydrogen-bond donors (Lipinski definition) is 1. The van der Waals surface area contributed by atoms with Crippen LogP contribution in [0.25, 0.3) is 0 Å². The van der Waals surface area contributed by atoms with Gasteiger partial charge in [-0.3, -0.25) is 4.98 Å². The first-order valence-corrected chi connectivity index (χ1v) is 8.86. The summed E-state index contributed by atoms with van der Waals surface area (Å²) in [5.41, 5.74) is 0.968. The van der Waals surface area contributed by atoms with Gasteiger partial charge >= 0.3 is 5.97 Å². The maximum Gasteiger partial charge on any atom is 0.337 e. The minimum absolute atomic E-state index is 0.161. The van der Waals surface area contributed by atoms with E-state index in [0.29, 0.717) is 6.61 Å². The zero-order valence-corrected chi connectivity index (χ0v) is 12.7. The quantitative estimate of drug-likeness (QED) is 0.850. The molecule has 1 N–H and O–H groups in total. The van der Waals surface area contributed by atoms with Gasteiger partial charge in [0.15, 0.2) is 8.32 Å². The summed E-state index contributed by atoms with van der Waals surface area (Å²) in [6.07, 6.45) is 1.37. The van der Waals surface area contributed by atoms with Crippen LogP contribution in [-0.4, -0.2) is 24.4 Å². The molecule has 100 valence electrons. The molecule has 1 heterocycles. The normalized spacial score (nSPS) is 12.5. The van der Waals surface area contributed by atoms with Crippen molar-refractivity contribution in [1.29, 1.82) is 0 Å². The van der Waals surface area contributed by atoms with Crippen LogP contribution in [0.15, 0.2) is 18.3 Å². The van der Waals surface area contributed by atoms with E-state index in [-0.39, 0.29) is 10.6 Å². The van der Waals surface area contributed by atoms with Gasteiger partial charge in [-0.05, 0) is 30.3 Å². The third kappa shape index (κ3) is 3.65. The summed E-state index contributed by atoms with van der Waals surface area (Å²) in [5, 5.41) is 8.94. The monoisotopic (exact) mass is 267 g/mol. The van der Waals surface area contributed by atoms with Gasteiger partial charge in [0.2, 0.25) is 0 Å². The second-order valence-corrected chi connectivity index (χ2v) is 10.7. The second kappa shape index (κ2) is 5.20. The van der Waals surface area contributed by atoms with Gasteiger partial charge in [0.05, 0.1) is 17.9 Å². The van der Waals surface area contributed by atoms with Crippen LogP contribution in [0.5, 0.6) is 0 Å². The molecule has 0 unspecified atom stereocenters. The molecule has 5 heteroatoms. The molecule has 18 heavy (non-hydrogen) atoms. The molecule has 0 aliphatic heterocycles. The van der Waals surface area contributed by atoms with E-state index < -0.39 is 14.3 Å². The number of hydrogen-bond acceptors (Lipinski definition) is 3. The van der Waals surface area contributed by atoms with Crippen LogP contribution < -0.4 is 0 Å². The molecule has 1 aromatic rings. The van der Waals surface area contributed by atoms with E-state index in [4.69, 9.17) is 9.53 Å². The van der Waals surface area contributed by atoms with E-state index in [1.807, 2.05) is 0 Å². The van der Waals surface area contributed by atoms with Gasteiger partial charge in [-0.25, -0.2) is 4.79 Å². The molecule has 0 fully saturated rings. The van der Waals surface area contributed by atoms with Crippen LogP contribution in [0.1, 0.15) is 36.8 Å². The highest BCUT2D eigenvalue weighted by atomic mass is 28.4. The van der Waals surface area contributed by atoms with Crippen LogP contribution in [0, 0.1) is 0 Å². The van der Waals surface area contributed by atoms with Gasteiger partial charge in [0, 0.05) is 6.20 Å². The topological polar surface area (TPSA) is 59.4 Å². The van der Waals surface area contributed by atoms with Crippen molar-refractivity contribution in [1.82, 2.24) is 4.98 Å². The number of carbonyl (C=O) groups is 1.